The SMILES string of the molecule is CCN1CCC(NC(=O)Cc2cc(F)ccc2SNc2ccc3c(c2C(=O)O)OCCC3C)C1. The first kappa shape index (κ1) is 24.3. The number of rotatable bonds is 8. The van der Waals surface area contributed by atoms with Gasteiger partial charge in [0, 0.05) is 24.0 Å². The first-order chi connectivity index (χ1) is 16.4. The van der Waals surface area contributed by atoms with Gasteiger partial charge >= 0.3 is 5.97 Å². The number of hydrogen-bond acceptors (Lipinski definition) is 6. The number of carboxylic acids is 1. The third kappa shape index (κ3) is 5.47. The lowest BCUT2D eigenvalue weighted by atomic mass is 9.92. The number of benzene rings is 2. The maximum Gasteiger partial charge on any atom is 0.341 e. The molecule has 2 atom stereocenters. The number of anilines is 1. The molecule has 2 aromatic carbocycles. The minimum absolute atomic E-state index is 0.0427. The number of likely N-dealkylation sites (N-methyl/N-ethyl adjacent to an activating group) is 1. The van der Waals surface area contributed by atoms with Crippen molar-refractivity contribution in [1.82, 2.24) is 10.2 Å². The molecule has 2 aromatic rings. The van der Waals surface area contributed by atoms with Crippen molar-refractivity contribution in [3.8, 4) is 5.75 Å². The third-order valence-electron chi connectivity index (χ3n) is 6.46. The van der Waals surface area contributed by atoms with E-state index in [9.17, 15) is 19.1 Å². The molecular formula is C25H30FN3O4S. The normalized spacial score (nSPS) is 19.9. The number of carbonyl (C=O) groups is 2. The zero-order chi connectivity index (χ0) is 24.2. The fourth-order valence-corrected chi connectivity index (χ4v) is 5.31. The van der Waals surface area contributed by atoms with Crippen LogP contribution in [0.15, 0.2) is 35.2 Å². The van der Waals surface area contributed by atoms with Crippen LogP contribution in [0, 0.1) is 5.82 Å². The van der Waals surface area contributed by atoms with E-state index in [1.54, 1.807) is 12.1 Å². The second-order valence-electron chi connectivity index (χ2n) is 8.83. The Morgan fingerprint density at radius 3 is 2.82 bits per heavy atom. The Morgan fingerprint density at radius 2 is 2.09 bits per heavy atom. The smallest absolute Gasteiger partial charge is 0.341 e. The summed E-state index contributed by atoms with van der Waals surface area (Å²) in [5.41, 5.74) is 1.90. The number of halogens is 1. The first-order valence-corrected chi connectivity index (χ1v) is 12.4. The average molecular weight is 488 g/mol. The summed E-state index contributed by atoms with van der Waals surface area (Å²) in [6, 6.07) is 8.00. The molecule has 0 spiro atoms. The van der Waals surface area contributed by atoms with Gasteiger partial charge in [0.1, 0.15) is 17.1 Å². The van der Waals surface area contributed by atoms with Gasteiger partial charge in [-0.2, -0.15) is 0 Å². The van der Waals surface area contributed by atoms with E-state index in [-0.39, 0.29) is 29.9 Å². The highest BCUT2D eigenvalue weighted by atomic mass is 32.2. The number of nitrogens with one attached hydrogen (secondary N) is 2. The van der Waals surface area contributed by atoms with Gasteiger partial charge < -0.3 is 24.8 Å². The number of fused-ring (bicyclic) bond motifs is 1. The number of carbonyl (C=O) groups excluding carboxylic acids is 1. The second kappa shape index (κ2) is 10.7. The first-order valence-electron chi connectivity index (χ1n) is 11.6. The topological polar surface area (TPSA) is 90.9 Å². The van der Waals surface area contributed by atoms with Crippen molar-refractivity contribution < 1.29 is 23.8 Å². The minimum Gasteiger partial charge on any atom is -0.492 e. The quantitative estimate of drug-likeness (QED) is 0.479. The van der Waals surface area contributed by atoms with Crippen LogP contribution in [-0.4, -0.2) is 54.2 Å². The van der Waals surface area contributed by atoms with Gasteiger partial charge in [0.25, 0.3) is 0 Å². The molecule has 2 unspecified atom stereocenters. The number of amides is 1. The van der Waals surface area contributed by atoms with Crippen LogP contribution in [0.25, 0.3) is 0 Å². The average Bonchev–Trinajstić information content (AvgIpc) is 3.25. The predicted molar refractivity (Wildman–Crippen MR) is 130 cm³/mol. The molecule has 0 bridgehead atoms. The van der Waals surface area contributed by atoms with E-state index >= 15 is 0 Å². The maximum atomic E-state index is 14.0. The summed E-state index contributed by atoms with van der Waals surface area (Å²) >= 11 is 1.16. The summed E-state index contributed by atoms with van der Waals surface area (Å²) < 4.78 is 22.8. The summed E-state index contributed by atoms with van der Waals surface area (Å²) in [6.07, 6.45) is 1.79. The zero-order valence-corrected chi connectivity index (χ0v) is 20.2. The van der Waals surface area contributed by atoms with Gasteiger partial charge in [-0.15, -0.1) is 0 Å². The molecular weight excluding hydrogens is 457 g/mol. The molecule has 3 N–H and O–H groups in total. The summed E-state index contributed by atoms with van der Waals surface area (Å²) in [7, 11) is 0. The predicted octanol–water partition coefficient (Wildman–Crippen LogP) is 4.28. The standard InChI is InChI=1S/C25H30FN3O4S/c1-3-29-10-8-18(14-29)27-22(30)13-16-12-17(26)4-7-21(16)34-28-20-6-5-19-15(2)9-11-33-24(19)23(20)25(31)32/h4-7,12,15,18,28H,3,8-11,13-14H2,1-2H3,(H,27,30)(H,31,32). The highest BCUT2D eigenvalue weighted by Gasteiger charge is 2.27. The molecule has 1 amide bonds. The zero-order valence-electron chi connectivity index (χ0n) is 19.4. The molecule has 0 radical (unpaired) electrons. The lowest BCUT2D eigenvalue weighted by Crippen LogP contribution is -2.38. The molecule has 34 heavy (non-hydrogen) atoms. The number of likely N-dealkylation sites (tertiary alicyclic amines) is 1. The Hall–Kier alpha value is -2.78. The summed E-state index contributed by atoms with van der Waals surface area (Å²) in [6.45, 7) is 7.36. The van der Waals surface area contributed by atoms with Crippen LogP contribution in [0.1, 0.15) is 54.1 Å². The minimum atomic E-state index is -1.08. The van der Waals surface area contributed by atoms with Crippen LogP contribution in [-0.2, 0) is 11.2 Å². The van der Waals surface area contributed by atoms with E-state index in [0.717, 1.165) is 50.0 Å². The Balaban J connectivity index is 1.49. The lowest BCUT2D eigenvalue weighted by molar-refractivity contribution is -0.121. The maximum absolute atomic E-state index is 14.0. The monoisotopic (exact) mass is 487 g/mol. The van der Waals surface area contributed by atoms with Crippen molar-refractivity contribution in [2.75, 3.05) is 31.0 Å². The van der Waals surface area contributed by atoms with E-state index in [1.807, 2.05) is 6.07 Å². The van der Waals surface area contributed by atoms with Crippen LogP contribution in [0.2, 0.25) is 0 Å². The number of nitrogens with zero attached hydrogens (tertiary/aromatic N) is 1. The molecule has 2 heterocycles. The van der Waals surface area contributed by atoms with Crippen molar-refractivity contribution in [1.29, 1.82) is 0 Å². The largest absolute Gasteiger partial charge is 0.492 e. The molecule has 182 valence electrons. The van der Waals surface area contributed by atoms with Crippen molar-refractivity contribution >= 4 is 29.5 Å². The van der Waals surface area contributed by atoms with E-state index < -0.39 is 11.8 Å². The Morgan fingerprint density at radius 1 is 1.26 bits per heavy atom. The summed E-state index contributed by atoms with van der Waals surface area (Å²) in [5, 5.41) is 12.9. The number of hydrogen-bond donors (Lipinski definition) is 3. The fourth-order valence-electron chi connectivity index (χ4n) is 4.52. The molecule has 1 fully saturated rings. The summed E-state index contributed by atoms with van der Waals surface area (Å²) in [4.78, 5) is 27.6. The van der Waals surface area contributed by atoms with Gasteiger partial charge in [0.2, 0.25) is 5.91 Å². The van der Waals surface area contributed by atoms with Crippen molar-refractivity contribution in [2.45, 2.75) is 50.0 Å². The van der Waals surface area contributed by atoms with Gasteiger partial charge in [-0.05, 0) is 72.6 Å². The molecule has 9 heteroatoms. The van der Waals surface area contributed by atoms with Crippen molar-refractivity contribution in [2.24, 2.45) is 0 Å². The van der Waals surface area contributed by atoms with Crippen LogP contribution >= 0.6 is 11.9 Å². The Labute approximate surface area is 203 Å². The van der Waals surface area contributed by atoms with E-state index in [4.69, 9.17) is 4.74 Å². The van der Waals surface area contributed by atoms with Crippen molar-refractivity contribution in [3.05, 3.63) is 52.8 Å². The number of carboxylic acid groups (broad SMARTS) is 1. The van der Waals surface area contributed by atoms with Gasteiger partial charge in [0.15, 0.2) is 0 Å². The Bertz CT molecular complexity index is 1080. The number of aromatic carboxylic acids is 1. The highest BCUT2D eigenvalue weighted by Crippen LogP contribution is 2.40. The van der Waals surface area contributed by atoms with Gasteiger partial charge in [-0.3, -0.25) is 4.79 Å². The van der Waals surface area contributed by atoms with E-state index in [0.29, 0.717) is 28.5 Å². The van der Waals surface area contributed by atoms with Crippen LogP contribution in [0.4, 0.5) is 10.1 Å². The molecule has 2 aliphatic heterocycles. The van der Waals surface area contributed by atoms with Crippen LogP contribution in [0.5, 0.6) is 5.75 Å². The Kier molecular flexibility index (Phi) is 7.63. The number of ether oxygens (including phenoxy) is 1. The second-order valence-corrected chi connectivity index (χ2v) is 9.68. The molecule has 1 saturated heterocycles. The highest BCUT2D eigenvalue weighted by molar-refractivity contribution is 8.00. The van der Waals surface area contributed by atoms with Crippen molar-refractivity contribution in [3.63, 3.8) is 0 Å². The third-order valence-corrected chi connectivity index (χ3v) is 7.40. The molecule has 7 nitrogen and oxygen atoms in total. The molecule has 4 rings (SSSR count). The molecule has 0 aliphatic carbocycles. The molecule has 0 saturated carbocycles. The summed E-state index contributed by atoms with van der Waals surface area (Å²) in [5.74, 6) is -1.04. The van der Waals surface area contributed by atoms with Gasteiger partial charge in [-0.1, -0.05) is 19.9 Å². The van der Waals surface area contributed by atoms with E-state index in [1.165, 1.54) is 12.1 Å². The van der Waals surface area contributed by atoms with Crippen LogP contribution in [0.3, 0.4) is 0 Å². The molecule has 2 aliphatic rings. The van der Waals surface area contributed by atoms with Gasteiger partial charge in [-0.25, -0.2) is 9.18 Å². The van der Waals surface area contributed by atoms with Crippen LogP contribution < -0.4 is 14.8 Å². The van der Waals surface area contributed by atoms with E-state index in [2.05, 4.69) is 28.8 Å². The molecule has 0 aromatic heterocycles. The van der Waals surface area contributed by atoms with Gasteiger partial charge in [0.05, 0.1) is 18.7 Å². The lowest BCUT2D eigenvalue weighted by Gasteiger charge is -2.25. The fraction of sp³-hybridized carbons (Fsp3) is 0.440.